The zero-order valence-electron chi connectivity index (χ0n) is 19.8. The highest BCUT2D eigenvalue weighted by atomic mass is 19.1. The molecule has 34 heavy (non-hydrogen) atoms. The average Bonchev–Trinajstić information content (AvgIpc) is 3.49. The Hall–Kier alpha value is -2.98. The van der Waals surface area contributed by atoms with Gasteiger partial charge in [0, 0.05) is 43.0 Å². The summed E-state index contributed by atoms with van der Waals surface area (Å²) in [5.41, 5.74) is 1.62. The molecule has 6 unspecified atom stereocenters. The second-order valence-corrected chi connectivity index (χ2v) is 9.33. The number of nitrogens with zero attached hydrogens (tertiary/aromatic N) is 2. The van der Waals surface area contributed by atoms with Crippen LogP contribution < -0.4 is 10.6 Å². The number of hydrogen-bond donors (Lipinski definition) is 4. The Morgan fingerprint density at radius 2 is 1.97 bits per heavy atom. The summed E-state index contributed by atoms with van der Waals surface area (Å²) in [6, 6.07) is 2.33. The number of H-pyrrole nitrogens is 1. The minimum absolute atomic E-state index is 0.0824. The van der Waals surface area contributed by atoms with Crippen molar-refractivity contribution in [2.75, 3.05) is 20.1 Å². The van der Waals surface area contributed by atoms with E-state index in [-0.39, 0.29) is 35.6 Å². The predicted octanol–water partition coefficient (Wildman–Crippen LogP) is 0.696. The number of halogens is 1. The number of aromatic nitrogens is 1. The van der Waals surface area contributed by atoms with Gasteiger partial charge >= 0.3 is 0 Å². The zero-order valence-corrected chi connectivity index (χ0v) is 19.8. The molecular weight excluding hydrogens is 441 g/mol. The number of carbonyl (C=O) groups excluding carboxylic acids is 3. The number of rotatable bonds is 6. The maximum Gasteiger partial charge on any atom is 0.248 e. The van der Waals surface area contributed by atoms with Crippen molar-refractivity contribution in [3.8, 4) is 0 Å². The molecular formula is C24H32FN5O4. The molecule has 184 valence electrons. The summed E-state index contributed by atoms with van der Waals surface area (Å²) in [6.07, 6.45) is 1.31. The Bertz CT molecular complexity index is 1100. The number of aliphatic hydroxyl groups excluding tert-OH is 1. The van der Waals surface area contributed by atoms with E-state index < -0.39 is 24.1 Å². The van der Waals surface area contributed by atoms with Crippen LogP contribution in [-0.2, 0) is 14.4 Å². The van der Waals surface area contributed by atoms with Gasteiger partial charge in [-0.1, -0.05) is 0 Å². The van der Waals surface area contributed by atoms with Crippen LogP contribution in [0.25, 0.3) is 10.9 Å². The molecule has 3 amide bonds. The number of amides is 3. The van der Waals surface area contributed by atoms with Gasteiger partial charge in [-0.3, -0.25) is 14.4 Å². The Labute approximate surface area is 197 Å². The van der Waals surface area contributed by atoms with Crippen LogP contribution in [0.1, 0.15) is 38.7 Å². The number of benzene rings is 1. The lowest BCUT2D eigenvalue weighted by molar-refractivity contribution is -0.140. The van der Waals surface area contributed by atoms with E-state index >= 15 is 0 Å². The fourth-order valence-corrected chi connectivity index (χ4v) is 5.38. The Balaban J connectivity index is 1.69. The first kappa shape index (κ1) is 24.2. The first-order valence-corrected chi connectivity index (χ1v) is 11.6. The van der Waals surface area contributed by atoms with Gasteiger partial charge in [0.2, 0.25) is 17.7 Å². The van der Waals surface area contributed by atoms with Crippen molar-refractivity contribution >= 4 is 28.6 Å². The van der Waals surface area contributed by atoms with Gasteiger partial charge in [0.25, 0.3) is 0 Å². The number of likely N-dealkylation sites (N-methyl/N-ethyl adjacent to an activating group) is 1. The molecule has 0 bridgehead atoms. The second kappa shape index (κ2) is 9.34. The van der Waals surface area contributed by atoms with Crippen LogP contribution in [0.4, 0.5) is 4.39 Å². The van der Waals surface area contributed by atoms with E-state index in [0.29, 0.717) is 19.5 Å². The molecule has 2 aromatic rings. The van der Waals surface area contributed by atoms with Crippen LogP contribution >= 0.6 is 0 Å². The van der Waals surface area contributed by atoms with E-state index in [1.54, 1.807) is 29.8 Å². The SMILES string of the molecule is CNC(C)C(=O)NC(C(=O)N1CCC2C1C(c1c[nH]c3ccc(F)cc13)CN2C(C)=O)C(C)O. The van der Waals surface area contributed by atoms with E-state index in [9.17, 15) is 23.9 Å². The van der Waals surface area contributed by atoms with Gasteiger partial charge in [-0.2, -0.15) is 0 Å². The molecule has 6 atom stereocenters. The third-order valence-electron chi connectivity index (χ3n) is 7.26. The molecule has 1 aromatic carbocycles. The second-order valence-electron chi connectivity index (χ2n) is 9.33. The number of carbonyl (C=O) groups is 3. The smallest absolute Gasteiger partial charge is 0.248 e. The molecule has 2 saturated heterocycles. The maximum absolute atomic E-state index is 14.1. The summed E-state index contributed by atoms with van der Waals surface area (Å²) in [7, 11) is 1.64. The van der Waals surface area contributed by atoms with E-state index in [2.05, 4.69) is 15.6 Å². The van der Waals surface area contributed by atoms with Crippen molar-refractivity contribution in [3.05, 3.63) is 35.8 Å². The first-order valence-electron chi connectivity index (χ1n) is 11.6. The van der Waals surface area contributed by atoms with E-state index in [1.165, 1.54) is 26.0 Å². The van der Waals surface area contributed by atoms with Gasteiger partial charge in [-0.05, 0) is 51.1 Å². The van der Waals surface area contributed by atoms with Crippen LogP contribution in [0, 0.1) is 5.82 Å². The lowest BCUT2D eigenvalue weighted by atomic mass is 9.91. The molecule has 10 heteroatoms. The Kier molecular flexibility index (Phi) is 6.64. The van der Waals surface area contributed by atoms with Gasteiger partial charge in [0.1, 0.15) is 11.9 Å². The van der Waals surface area contributed by atoms with Gasteiger partial charge < -0.3 is 30.5 Å². The predicted molar refractivity (Wildman–Crippen MR) is 124 cm³/mol. The number of aromatic amines is 1. The van der Waals surface area contributed by atoms with Crippen molar-refractivity contribution in [1.82, 2.24) is 25.4 Å². The quantitative estimate of drug-likeness (QED) is 0.493. The summed E-state index contributed by atoms with van der Waals surface area (Å²) in [6.45, 7) is 5.44. The molecule has 1 aromatic heterocycles. The third kappa shape index (κ3) is 4.16. The Morgan fingerprint density at radius 3 is 2.62 bits per heavy atom. The molecule has 0 aliphatic carbocycles. The first-order chi connectivity index (χ1) is 16.1. The lowest BCUT2D eigenvalue weighted by Gasteiger charge is -2.33. The zero-order chi connectivity index (χ0) is 24.7. The Morgan fingerprint density at radius 1 is 1.24 bits per heavy atom. The largest absolute Gasteiger partial charge is 0.391 e. The van der Waals surface area contributed by atoms with Crippen molar-refractivity contribution < 1.29 is 23.9 Å². The van der Waals surface area contributed by atoms with Crippen molar-refractivity contribution in [2.45, 2.75) is 63.4 Å². The highest BCUT2D eigenvalue weighted by Gasteiger charge is 2.53. The highest BCUT2D eigenvalue weighted by Crippen LogP contribution is 2.43. The number of nitrogens with one attached hydrogen (secondary N) is 3. The van der Waals surface area contributed by atoms with Gasteiger partial charge in [-0.15, -0.1) is 0 Å². The van der Waals surface area contributed by atoms with Gasteiger partial charge in [0.05, 0.1) is 24.2 Å². The van der Waals surface area contributed by atoms with Crippen LogP contribution in [-0.4, -0.2) is 88.0 Å². The summed E-state index contributed by atoms with van der Waals surface area (Å²) in [5, 5.41) is 16.6. The molecule has 4 rings (SSSR count). The molecule has 0 spiro atoms. The van der Waals surface area contributed by atoms with Crippen LogP contribution in [0.15, 0.2) is 24.4 Å². The minimum atomic E-state index is -1.12. The number of hydrogen-bond acceptors (Lipinski definition) is 5. The fourth-order valence-electron chi connectivity index (χ4n) is 5.38. The van der Waals surface area contributed by atoms with Crippen LogP contribution in [0.2, 0.25) is 0 Å². The van der Waals surface area contributed by atoms with Crippen LogP contribution in [0.5, 0.6) is 0 Å². The highest BCUT2D eigenvalue weighted by molar-refractivity contribution is 5.91. The summed E-state index contributed by atoms with van der Waals surface area (Å²) in [5.74, 6) is -1.46. The topological polar surface area (TPSA) is 118 Å². The van der Waals surface area contributed by atoms with E-state index in [4.69, 9.17) is 0 Å². The summed E-state index contributed by atoms with van der Waals surface area (Å²) < 4.78 is 14.1. The lowest BCUT2D eigenvalue weighted by Crippen LogP contribution is -2.58. The average molecular weight is 474 g/mol. The molecule has 3 heterocycles. The van der Waals surface area contributed by atoms with Crippen LogP contribution in [0.3, 0.4) is 0 Å². The standard InChI is InChI=1S/C24H32FN5O4/c1-12(26-4)23(33)28-21(13(2)31)24(34)29-8-7-20-22(29)18(11-30(20)14(3)32)17-10-27-19-6-5-15(25)9-16(17)19/h5-6,9-10,12-13,18,20-22,26-27,31H,7-8,11H2,1-4H3,(H,28,33). The monoisotopic (exact) mass is 473 g/mol. The number of fused-ring (bicyclic) bond motifs is 2. The van der Waals surface area contributed by atoms with Crippen molar-refractivity contribution in [1.29, 1.82) is 0 Å². The minimum Gasteiger partial charge on any atom is -0.391 e. The van der Waals surface area contributed by atoms with Crippen molar-refractivity contribution in [3.63, 3.8) is 0 Å². The van der Waals surface area contributed by atoms with Crippen molar-refractivity contribution in [2.24, 2.45) is 0 Å². The molecule has 0 saturated carbocycles. The maximum atomic E-state index is 14.1. The molecule has 2 aliphatic heterocycles. The third-order valence-corrected chi connectivity index (χ3v) is 7.26. The molecule has 2 aliphatic rings. The summed E-state index contributed by atoms with van der Waals surface area (Å²) >= 11 is 0. The van der Waals surface area contributed by atoms with Gasteiger partial charge in [-0.25, -0.2) is 4.39 Å². The fraction of sp³-hybridized carbons (Fsp3) is 0.542. The molecule has 2 fully saturated rings. The normalized spacial score (nSPS) is 24.7. The van der Waals surface area contributed by atoms with Gasteiger partial charge in [0.15, 0.2) is 0 Å². The molecule has 4 N–H and O–H groups in total. The number of likely N-dealkylation sites (tertiary alicyclic amines) is 2. The number of aliphatic hydroxyl groups is 1. The van der Waals surface area contributed by atoms with E-state index in [1.807, 2.05) is 6.20 Å². The molecule has 0 radical (unpaired) electrons. The summed E-state index contributed by atoms with van der Waals surface area (Å²) in [4.78, 5) is 45.2. The molecule has 9 nitrogen and oxygen atoms in total. The van der Waals surface area contributed by atoms with E-state index in [0.717, 1.165) is 16.5 Å².